The van der Waals surface area contributed by atoms with Gasteiger partial charge in [0.15, 0.2) is 0 Å². The zero-order valence-corrected chi connectivity index (χ0v) is 11.5. The minimum absolute atomic E-state index is 0. The van der Waals surface area contributed by atoms with E-state index < -0.39 is 5.97 Å². The fraction of sp³-hybridized carbons (Fsp3) is 0. The Balaban J connectivity index is 0. The molecule has 0 aliphatic carbocycles. The van der Waals surface area contributed by atoms with E-state index in [0.717, 1.165) is 18.2 Å². The Morgan fingerprint density at radius 2 is 1.85 bits per heavy atom. The van der Waals surface area contributed by atoms with Gasteiger partial charge in [-0.05, 0) is 11.6 Å². The molecule has 1 aromatic rings. The van der Waals surface area contributed by atoms with Crippen LogP contribution in [-0.4, -0.2) is 5.97 Å². The van der Waals surface area contributed by atoms with E-state index in [-0.39, 0.29) is 76.1 Å². The second-order valence-corrected chi connectivity index (χ2v) is 2.04. The number of carbonyl (C=O) groups is 1. The Kier molecular flexibility index (Phi) is 8.12. The van der Waals surface area contributed by atoms with Crippen molar-refractivity contribution in [2.45, 2.75) is 0 Å². The Morgan fingerprint density at radius 1 is 1.31 bits per heavy atom. The van der Waals surface area contributed by atoms with Crippen molar-refractivity contribution in [1.29, 1.82) is 0 Å². The number of hydrogen-bond donors (Lipinski definition) is 1. The van der Waals surface area contributed by atoms with E-state index in [9.17, 15) is 15.0 Å². The number of carbonyl (C=O) groups excluding carboxylic acids is 1. The van der Waals surface area contributed by atoms with Crippen LogP contribution in [0.4, 0.5) is 5.69 Å². The van der Waals surface area contributed by atoms with Gasteiger partial charge in [0, 0.05) is 5.69 Å². The van der Waals surface area contributed by atoms with Crippen molar-refractivity contribution < 1.29 is 74.1 Å². The summed E-state index contributed by atoms with van der Waals surface area (Å²) in [5.74, 6) is -1.72. The fourth-order valence-electron chi connectivity index (χ4n) is 0.675. The molecule has 0 saturated heterocycles. The normalized spacial score (nSPS) is 8.00. The Morgan fingerprint density at radius 3 is 2.23 bits per heavy atom. The summed E-state index contributed by atoms with van der Waals surface area (Å²) >= 11 is 0. The molecule has 0 heterocycles. The summed E-state index contributed by atoms with van der Waals surface area (Å²) < 4.78 is 0. The summed E-state index contributed by atoms with van der Waals surface area (Å²) in [5, 5.41) is 20.9. The van der Waals surface area contributed by atoms with Crippen LogP contribution in [0.2, 0.25) is 0 Å². The molecule has 0 fully saturated rings. The van der Waals surface area contributed by atoms with Crippen molar-refractivity contribution in [1.82, 2.24) is 0 Å². The van der Waals surface area contributed by atoms with Gasteiger partial charge in [0.05, 0.1) is 5.97 Å². The van der Waals surface area contributed by atoms with Crippen LogP contribution >= 0.6 is 0 Å². The molecule has 1 aromatic carbocycles. The molecule has 0 spiro atoms. The van der Waals surface area contributed by atoms with Crippen molar-refractivity contribution in [3.8, 4) is 5.75 Å². The van der Waals surface area contributed by atoms with Crippen molar-refractivity contribution in [3.05, 3.63) is 23.8 Å². The van der Waals surface area contributed by atoms with E-state index in [1.54, 1.807) is 0 Å². The van der Waals surface area contributed by atoms with Crippen LogP contribution in [0.1, 0.15) is 10.4 Å². The Hall–Kier alpha value is 0.290. The number of benzene rings is 1. The van der Waals surface area contributed by atoms with E-state index in [1.165, 1.54) is 0 Å². The molecule has 58 valence electrons. The van der Waals surface area contributed by atoms with Crippen LogP contribution in [0.25, 0.3) is 0 Å². The zero-order chi connectivity index (χ0) is 8.43. The van der Waals surface area contributed by atoms with Crippen LogP contribution in [0.5, 0.6) is 5.75 Å². The summed E-state index contributed by atoms with van der Waals surface area (Å²) in [4.78, 5) is 10.2. The molecule has 0 bridgehead atoms. The van der Waals surface area contributed by atoms with Crippen LogP contribution in [0.15, 0.2) is 18.2 Å². The van der Waals surface area contributed by atoms with E-state index in [4.69, 9.17) is 5.73 Å². The first kappa shape index (κ1) is 15.7. The number of carboxylic acids is 1. The number of rotatable bonds is 1. The molecule has 0 amide bonds. The first-order valence-electron chi connectivity index (χ1n) is 2.89. The number of aromatic carboxylic acids is 1. The molecule has 6 heteroatoms. The van der Waals surface area contributed by atoms with Gasteiger partial charge >= 0.3 is 59.1 Å². The van der Waals surface area contributed by atoms with Crippen LogP contribution < -0.4 is 75.1 Å². The topological polar surface area (TPSA) is 89.2 Å². The molecule has 4 nitrogen and oxygen atoms in total. The summed E-state index contributed by atoms with van der Waals surface area (Å²) in [6.07, 6.45) is 0. The molecule has 0 radical (unpaired) electrons. The van der Waals surface area contributed by atoms with Gasteiger partial charge < -0.3 is 20.7 Å². The standard InChI is InChI=1S/C7H7NO3.2Na/c8-5-3-4(7(10)11)1-2-6(5)9;;/h1-3,9H,8H2,(H,10,11);;/q;2*+1/p-2. The third kappa shape index (κ3) is 4.35. The molecule has 0 atom stereocenters. The summed E-state index contributed by atoms with van der Waals surface area (Å²) in [6.45, 7) is 0. The number of carboxylic acid groups (broad SMARTS) is 1. The molecular weight excluding hydrogens is 192 g/mol. The number of nitrogen functional groups attached to an aromatic ring is 1. The minimum atomic E-state index is -1.34. The molecule has 0 saturated carbocycles. The van der Waals surface area contributed by atoms with Gasteiger partial charge in [0.1, 0.15) is 0 Å². The third-order valence-electron chi connectivity index (χ3n) is 1.25. The Labute approximate surface area is 120 Å². The van der Waals surface area contributed by atoms with Crippen LogP contribution in [0, 0.1) is 0 Å². The van der Waals surface area contributed by atoms with Crippen molar-refractivity contribution in [2.24, 2.45) is 0 Å². The number of hydrogen-bond acceptors (Lipinski definition) is 4. The van der Waals surface area contributed by atoms with Gasteiger partial charge in [0.25, 0.3) is 0 Å². The molecular formula is C7H5NNa2O3. The Bertz CT molecular complexity index is 304. The second kappa shape index (κ2) is 6.70. The average Bonchev–Trinajstić information content (AvgIpc) is 1.94. The summed E-state index contributed by atoms with van der Waals surface area (Å²) in [7, 11) is 0. The predicted molar refractivity (Wildman–Crippen MR) is 34.6 cm³/mol. The first-order chi connectivity index (χ1) is 5.11. The molecule has 0 aliphatic heterocycles. The van der Waals surface area contributed by atoms with Crippen molar-refractivity contribution in [2.75, 3.05) is 5.73 Å². The largest absolute Gasteiger partial charge is 1.00 e. The number of nitrogens with two attached hydrogens (primary N) is 1. The maximum absolute atomic E-state index is 10.7. The first-order valence-corrected chi connectivity index (χ1v) is 2.89. The van der Waals surface area contributed by atoms with E-state index in [2.05, 4.69) is 0 Å². The molecule has 0 aliphatic rings. The molecule has 2 N–H and O–H groups in total. The third-order valence-corrected chi connectivity index (χ3v) is 1.25. The average molecular weight is 197 g/mol. The smallest absolute Gasteiger partial charge is 0.871 e. The van der Waals surface area contributed by atoms with E-state index in [1.807, 2.05) is 0 Å². The zero-order valence-electron chi connectivity index (χ0n) is 7.53. The van der Waals surface area contributed by atoms with E-state index in [0.29, 0.717) is 0 Å². The maximum atomic E-state index is 10.7. The van der Waals surface area contributed by atoms with Gasteiger partial charge in [-0.1, -0.05) is 17.9 Å². The van der Waals surface area contributed by atoms with Gasteiger partial charge in [-0.2, -0.15) is 0 Å². The summed E-state index contributed by atoms with van der Waals surface area (Å²) in [5.41, 5.74) is 5.00. The number of anilines is 1. The van der Waals surface area contributed by atoms with E-state index >= 15 is 0 Å². The quantitative estimate of drug-likeness (QED) is 0.358. The monoisotopic (exact) mass is 197 g/mol. The van der Waals surface area contributed by atoms with Gasteiger partial charge in [-0.25, -0.2) is 0 Å². The van der Waals surface area contributed by atoms with Gasteiger partial charge in [-0.3, -0.25) is 0 Å². The van der Waals surface area contributed by atoms with Crippen molar-refractivity contribution >= 4 is 11.7 Å². The van der Waals surface area contributed by atoms with Crippen LogP contribution in [-0.2, 0) is 0 Å². The molecule has 0 aromatic heterocycles. The fourth-order valence-corrected chi connectivity index (χ4v) is 0.675. The SMILES string of the molecule is Nc1cc(C(=O)[O-])ccc1[O-].[Na+].[Na+]. The molecule has 0 unspecified atom stereocenters. The second-order valence-electron chi connectivity index (χ2n) is 2.04. The van der Waals surface area contributed by atoms with Crippen molar-refractivity contribution in [3.63, 3.8) is 0 Å². The minimum Gasteiger partial charge on any atom is -0.871 e. The van der Waals surface area contributed by atoms with Gasteiger partial charge in [-0.15, -0.1) is 0 Å². The summed E-state index contributed by atoms with van der Waals surface area (Å²) in [6, 6.07) is 3.34. The molecule has 1 rings (SSSR count). The van der Waals surface area contributed by atoms with Crippen LogP contribution in [0.3, 0.4) is 0 Å². The maximum Gasteiger partial charge on any atom is 1.00 e. The van der Waals surface area contributed by atoms with Gasteiger partial charge in [0.2, 0.25) is 0 Å². The predicted octanol–water partition coefficient (Wildman–Crippen LogP) is -7.29. The molecule has 13 heavy (non-hydrogen) atoms.